The van der Waals surface area contributed by atoms with Gasteiger partial charge in [-0.2, -0.15) is 0 Å². The summed E-state index contributed by atoms with van der Waals surface area (Å²) in [6, 6.07) is 0.464. The van der Waals surface area contributed by atoms with Gasteiger partial charge in [0.25, 0.3) is 0 Å². The first-order valence-electron chi connectivity index (χ1n) is 3.47. The summed E-state index contributed by atoms with van der Waals surface area (Å²) >= 11 is 0. The molecule has 1 amide bonds. The fraction of sp³-hybridized carbons (Fsp3) is 0.857. The third-order valence-electron chi connectivity index (χ3n) is 2.07. The first-order valence-corrected chi connectivity index (χ1v) is 3.47. The van der Waals surface area contributed by atoms with Crippen LogP contribution in [0.5, 0.6) is 0 Å². The molecule has 1 aliphatic heterocycles. The summed E-state index contributed by atoms with van der Waals surface area (Å²) < 4.78 is 0. The maximum atomic E-state index is 10.9. The number of rotatable bonds is 0. The average molecular weight is 164 g/mol. The third kappa shape index (κ3) is 1.87. The minimum atomic E-state index is 0. The van der Waals surface area contributed by atoms with Gasteiger partial charge in [0, 0.05) is 19.5 Å². The van der Waals surface area contributed by atoms with E-state index in [-0.39, 0.29) is 12.4 Å². The summed E-state index contributed by atoms with van der Waals surface area (Å²) in [6.07, 6.45) is 2.99. The molecule has 10 heavy (non-hydrogen) atoms. The lowest BCUT2D eigenvalue weighted by atomic mass is 10.0. The zero-order chi connectivity index (χ0) is 6.85. The highest BCUT2D eigenvalue weighted by Gasteiger charge is 2.19. The van der Waals surface area contributed by atoms with Crippen LogP contribution in [0.15, 0.2) is 0 Å². The molecule has 0 aromatic heterocycles. The number of carbonyl (C=O) groups is 1. The van der Waals surface area contributed by atoms with Crippen LogP contribution in [0.1, 0.15) is 26.2 Å². The number of amides is 1. The van der Waals surface area contributed by atoms with Crippen LogP contribution < -0.4 is 0 Å². The lowest BCUT2D eigenvalue weighted by Gasteiger charge is -2.29. The van der Waals surface area contributed by atoms with Crippen LogP contribution in [0.2, 0.25) is 0 Å². The molecule has 1 fully saturated rings. The first kappa shape index (κ1) is 9.76. The molecule has 1 atom stereocenters. The molecule has 1 unspecified atom stereocenters. The minimum Gasteiger partial charge on any atom is -0.343 e. The molecular weight excluding hydrogens is 150 g/mol. The summed E-state index contributed by atoms with van der Waals surface area (Å²) in [5, 5.41) is 0. The molecule has 0 aromatic rings. The van der Waals surface area contributed by atoms with Crippen molar-refractivity contribution in [3.8, 4) is 0 Å². The molecule has 1 saturated heterocycles. The number of nitrogens with zero attached hydrogens (tertiary/aromatic N) is 1. The molecule has 0 aromatic carbocycles. The molecule has 2 nitrogen and oxygen atoms in total. The molecule has 0 aliphatic carbocycles. The summed E-state index contributed by atoms with van der Waals surface area (Å²) in [4.78, 5) is 12.8. The van der Waals surface area contributed by atoms with Gasteiger partial charge in [-0.05, 0) is 19.8 Å². The average Bonchev–Trinajstić information content (AvgIpc) is 1.83. The van der Waals surface area contributed by atoms with Gasteiger partial charge in [0.15, 0.2) is 0 Å². The van der Waals surface area contributed by atoms with Crippen molar-refractivity contribution >= 4 is 18.3 Å². The molecule has 3 heteroatoms. The Bertz CT molecular complexity index is 127. The van der Waals surface area contributed by atoms with Crippen LogP contribution >= 0.6 is 12.4 Å². The van der Waals surface area contributed by atoms with Gasteiger partial charge in [0.2, 0.25) is 5.91 Å². The van der Waals surface area contributed by atoms with Crippen LogP contribution in [-0.2, 0) is 4.79 Å². The van der Waals surface area contributed by atoms with Crippen molar-refractivity contribution in [2.24, 2.45) is 0 Å². The Kier molecular flexibility index (Phi) is 3.72. The summed E-state index contributed by atoms with van der Waals surface area (Å²) in [6.45, 7) is 2.09. The van der Waals surface area contributed by atoms with Crippen LogP contribution in [0.4, 0.5) is 0 Å². The summed E-state index contributed by atoms with van der Waals surface area (Å²) in [5.74, 6) is 0.300. The van der Waals surface area contributed by atoms with E-state index in [1.807, 2.05) is 11.9 Å². The smallest absolute Gasteiger partial charge is 0.222 e. The summed E-state index contributed by atoms with van der Waals surface area (Å²) in [7, 11) is 1.88. The van der Waals surface area contributed by atoms with Crippen molar-refractivity contribution in [2.45, 2.75) is 32.2 Å². The highest BCUT2D eigenvalue weighted by Crippen LogP contribution is 2.14. The fourth-order valence-corrected chi connectivity index (χ4v) is 1.16. The molecule has 1 heterocycles. The van der Waals surface area contributed by atoms with E-state index in [9.17, 15) is 4.79 Å². The van der Waals surface area contributed by atoms with Crippen LogP contribution in [0, 0.1) is 0 Å². The third-order valence-corrected chi connectivity index (χ3v) is 2.07. The van der Waals surface area contributed by atoms with E-state index in [1.54, 1.807) is 0 Å². The van der Waals surface area contributed by atoms with Gasteiger partial charge in [-0.1, -0.05) is 0 Å². The quantitative estimate of drug-likeness (QED) is 0.529. The largest absolute Gasteiger partial charge is 0.343 e. The van der Waals surface area contributed by atoms with Gasteiger partial charge in [0.05, 0.1) is 0 Å². The van der Waals surface area contributed by atoms with Crippen molar-refractivity contribution in [1.29, 1.82) is 0 Å². The molecular formula is C7H14ClNO. The van der Waals surface area contributed by atoms with Crippen molar-refractivity contribution < 1.29 is 4.79 Å². The predicted octanol–water partition coefficient (Wildman–Crippen LogP) is 1.44. The van der Waals surface area contributed by atoms with Gasteiger partial charge in [-0.25, -0.2) is 0 Å². The Hall–Kier alpha value is -0.240. The van der Waals surface area contributed by atoms with Crippen molar-refractivity contribution in [2.75, 3.05) is 7.05 Å². The zero-order valence-electron chi connectivity index (χ0n) is 6.46. The molecule has 0 saturated carbocycles. The maximum absolute atomic E-state index is 10.9. The zero-order valence-corrected chi connectivity index (χ0v) is 7.28. The van der Waals surface area contributed by atoms with E-state index in [1.165, 1.54) is 6.42 Å². The lowest BCUT2D eigenvalue weighted by molar-refractivity contribution is -0.134. The molecule has 0 spiro atoms. The van der Waals surface area contributed by atoms with Gasteiger partial charge in [-0.3, -0.25) is 4.79 Å². The van der Waals surface area contributed by atoms with Gasteiger partial charge in [0.1, 0.15) is 0 Å². The molecule has 0 N–H and O–H groups in total. The van der Waals surface area contributed by atoms with Crippen molar-refractivity contribution in [1.82, 2.24) is 4.90 Å². The van der Waals surface area contributed by atoms with Crippen molar-refractivity contribution in [3.63, 3.8) is 0 Å². The molecule has 0 bridgehead atoms. The highest BCUT2D eigenvalue weighted by molar-refractivity contribution is 5.85. The first-order chi connectivity index (χ1) is 4.22. The monoisotopic (exact) mass is 163 g/mol. The van der Waals surface area contributed by atoms with Crippen LogP contribution in [0.3, 0.4) is 0 Å². The van der Waals surface area contributed by atoms with E-state index in [2.05, 4.69) is 6.92 Å². The molecule has 0 radical (unpaired) electrons. The van der Waals surface area contributed by atoms with E-state index < -0.39 is 0 Å². The van der Waals surface area contributed by atoms with Gasteiger partial charge >= 0.3 is 0 Å². The lowest BCUT2D eigenvalue weighted by Crippen LogP contribution is -2.38. The van der Waals surface area contributed by atoms with Gasteiger partial charge in [-0.15, -0.1) is 12.4 Å². The number of carbonyl (C=O) groups excluding carboxylic acids is 1. The maximum Gasteiger partial charge on any atom is 0.222 e. The second-order valence-electron chi connectivity index (χ2n) is 2.75. The van der Waals surface area contributed by atoms with E-state index in [0.29, 0.717) is 11.9 Å². The topological polar surface area (TPSA) is 20.3 Å². The van der Waals surface area contributed by atoms with E-state index >= 15 is 0 Å². The molecule has 60 valence electrons. The van der Waals surface area contributed by atoms with Crippen LogP contribution in [-0.4, -0.2) is 23.9 Å². The predicted molar refractivity (Wildman–Crippen MR) is 43.3 cm³/mol. The Balaban J connectivity index is 0.000000810. The standard InChI is InChI=1S/C7H13NO.ClH/c1-6-4-3-5-7(9)8(6)2;/h6H,3-5H2,1-2H3;1H. The number of halogens is 1. The summed E-state index contributed by atoms with van der Waals surface area (Å²) in [5.41, 5.74) is 0. The van der Waals surface area contributed by atoms with Crippen molar-refractivity contribution in [3.05, 3.63) is 0 Å². The second kappa shape index (κ2) is 3.81. The Morgan fingerprint density at radius 1 is 1.60 bits per heavy atom. The normalized spacial score (nSPS) is 26.0. The SMILES string of the molecule is CC1CCCC(=O)N1C.Cl. The molecule has 1 rings (SSSR count). The Labute approximate surface area is 68.0 Å². The molecule has 1 aliphatic rings. The Morgan fingerprint density at radius 3 is 2.60 bits per heavy atom. The minimum absolute atomic E-state index is 0. The second-order valence-corrected chi connectivity index (χ2v) is 2.75. The van der Waals surface area contributed by atoms with Gasteiger partial charge < -0.3 is 4.90 Å². The number of piperidine rings is 1. The highest BCUT2D eigenvalue weighted by atomic mass is 35.5. The number of likely N-dealkylation sites (tertiary alicyclic amines) is 1. The van der Waals surface area contributed by atoms with Crippen LogP contribution in [0.25, 0.3) is 0 Å². The Morgan fingerprint density at radius 2 is 2.20 bits per heavy atom. The van der Waals surface area contributed by atoms with E-state index in [0.717, 1.165) is 12.8 Å². The number of hydrogen-bond donors (Lipinski definition) is 0. The number of hydrogen-bond acceptors (Lipinski definition) is 1. The van der Waals surface area contributed by atoms with E-state index in [4.69, 9.17) is 0 Å². The fourth-order valence-electron chi connectivity index (χ4n) is 1.16.